The third-order valence-electron chi connectivity index (χ3n) is 10.9. The third-order valence-corrected chi connectivity index (χ3v) is 10.9. The first-order valence-corrected chi connectivity index (χ1v) is 16.3. The van der Waals surface area contributed by atoms with E-state index < -0.39 is 17.8 Å². The molecule has 2 aromatic carbocycles. The van der Waals surface area contributed by atoms with Crippen LogP contribution in [-0.2, 0) is 0 Å². The lowest BCUT2D eigenvalue weighted by Gasteiger charge is -2.66. The highest BCUT2D eigenvalue weighted by Crippen LogP contribution is 2.49. The number of likely N-dealkylation sites (tertiary alicyclic amines) is 1. The summed E-state index contributed by atoms with van der Waals surface area (Å²) >= 11 is 0. The highest BCUT2D eigenvalue weighted by Gasteiger charge is 2.57. The molecule has 0 bridgehead atoms. The van der Waals surface area contributed by atoms with Crippen molar-refractivity contribution in [3.8, 4) is 41.2 Å². The molecule has 1 N–H and O–H groups in total. The number of aromatic hydroxyl groups is 1. The van der Waals surface area contributed by atoms with Gasteiger partial charge in [0.15, 0.2) is 5.82 Å². The van der Waals surface area contributed by atoms with E-state index in [1.807, 2.05) is 0 Å². The maximum absolute atomic E-state index is 17.0. The van der Waals surface area contributed by atoms with Gasteiger partial charge in [-0.05, 0) is 42.0 Å². The maximum Gasteiger partial charge on any atom is 0.319 e. The summed E-state index contributed by atoms with van der Waals surface area (Å²) in [7, 11) is 1.43. The fraction of sp³-hybridized carbons (Fsp3) is 0.417. The van der Waals surface area contributed by atoms with E-state index in [4.69, 9.17) is 20.9 Å². The molecule has 4 aliphatic heterocycles. The summed E-state index contributed by atoms with van der Waals surface area (Å²) in [6.07, 6.45) is 7.23. The zero-order chi connectivity index (χ0) is 33.0. The van der Waals surface area contributed by atoms with Crippen molar-refractivity contribution in [1.82, 2.24) is 24.8 Å². The summed E-state index contributed by atoms with van der Waals surface area (Å²) in [5.41, 5.74) is 0.474. The van der Waals surface area contributed by atoms with Crippen LogP contribution in [0, 0.1) is 35.8 Å². The Kier molecular flexibility index (Phi) is 6.59. The number of benzene rings is 2. The topological polar surface area (TPSA) is 87.1 Å². The van der Waals surface area contributed by atoms with Crippen molar-refractivity contribution in [2.45, 2.75) is 37.1 Å². The van der Waals surface area contributed by atoms with Gasteiger partial charge in [0.25, 0.3) is 0 Å². The van der Waals surface area contributed by atoms with Crippen LogP contribution >= 0.6 is 0 Å². The number of hydrogen-bond acceptors (Lipinski definition) is 9. The number of anilines is 1. The summed E-state index contributed by atoms with van der Waals surface area (Å²) in [6, 6.07) is 6.78. The minimum absolute atomic E-state index is 0.0384. The van der Waals surface area contributed by atoms with Gasteiger partial charge in [0.05, 0.1) is 12.7 Å². The van der Waals surface area contributed by atoms with Crippen LogP contribution in [0.2, 0.25) is 0 Å². The molecule has 4 atom stereocenters. The number of halogens is 3. The van der Waals surface area contributed by atoms with Gasteiger partial charge in [-0.3, -0.25) is 9.80 Å². The normalized spacial score (nSPS) is 27.2. The van der Waals surface area contributed by atoms with Crippen LogP contribution in [0.3, 0.4) is 0 Å². The van der Waals surface area contributed by atoms with Crippen molar-refractivity contribution in [2.24, 2.45) is 11.8 Å². The second-order valence-electron chi connectivity index (χ2n) is 13.8. The van der Waals surface area contributed by atoms with E-state index in [0.29, 0.717) is 67.4 Å². The number of terminal acetylenes is 1. The number of alkyl halides is 1. The van der Waals surface area contributed by atoms with Gasteiger partial charge in [-0.1, -0.05) is 18.6 Å². The molecule has 0 spiro atoms. The van der Waals surface area contributed by atoms with Crippen molar-refractivity contribution in [3.05, 3.63) is 53.6 Å². The van der Waals surface area contributed by atoms with Crippen LogP contribution in [-0.4, -0.2) is 101 Å². The predicted octanol–water partition coefficient (Wildman–Crippen LogP) is 4.69. The molecule has 4 aromatic rings. The summed E-state index contributed by atoms with van der Waals surface area (Å²) in [4.78, 5) is 20.8. The minimum Gasteiger partial charge on any atom is -0.508 e. The minimum atomic E-state index is -0.819. The standard InChI is InChI=1S/C36H33F3N6O3/c1-4-23-27(37)6-5-18-7-22(46)10-24(28(18)23)32-31(39)33-29(35(40-32)47-3)34(44-12-20-8-19-9-21(13-44)45(19)20)42-36(41-33)48-16-17(2)11-43-14-25-26(15-43)30(25)38/h1,5-7,10,19-21,25-26,30,46H,2,8-9,11-16H2,3H3. The van der Waals surface area contributed by atoms with Gasteiger partial charge in [-0.2, -0.15) is 9.97 Å². The quantitative estimate of drug-likeness (QED) is 0.215. The van der Waals surface area contributed by atoms with Crippen molar-refractivity contribution >= 4 is 27.5 Å². The van der Waals surface area contributed by atoms with Crippen LogP contribution in [0.5, 0.6) is 17.6 Å². The fourth-order valence-electron chi connectivity index (χ4n) is 8.60. The van der Waals surface area contributed by atoms with Crippen molar-refractivity contribution in [3.63, 3.8) is 0 Å². The highest BCUT2D eigenvalue weighted by atomic mass is 19.1. The van der Waals surface area contributed by atoms with E-state index >= 15 is 4.39 Å². The van der Waals surface area contributed by atoms with E-state index in [0.717, 1.165) is 18.4 Å². The number of piperazine rings is 1. The lowest BCUT2D eigenvalue weighted by molar-refractivity contribution is -0.126. The molecule has 12 heteroatoms. The second-order valence-corrected chi connectivity index (χ2v) is 13.8. The van der Waals surface area contributed by atoms with Crippen LogP contribution in [0.15, 0.2) is 36.4 Å². The Morgan fingerprint density at radius 2 is 1.79 bits per heavy atom. The number of piperidine rings is 2. The molecule has 0 radical (unpaired) electrons. The van der Waals surface area contributed by atoms with Crippen molar-refractivity contribution in [2.75, 3.05) is 51.3 Å². The number of aromatic nitrogens is 3. The number of hydrogen-bond donors (Lipinski definition) is 1. The Morgan fingerprint density at radius 3 is 2.48 bits per heavy atom. The smallest absolute Gasteiger partial charge is 0.319 e. The monoisotopic (exact) mass is 654 g/mol. The molecular formula is C36H33F3N6O3. The molecule has 1 aliphatic carbocycles. The van der Waals surface area contributed by atoms with Crippen LogP contribution in [0.25, 0.3) is 32.9 Å². The molecule has 4 unspecified atom stereocenters. The molecule has 0 amide bonds. The summed E-state index contributed by atoms with van der Waals surface area (Å²) < 4.78 is 57.5. The first kappa shape index (κ1) is 29.5. The summed E-state index contributed by atoms with van der Waals surface area (Å²) in [5.74, 6) is 1.48. The van der Waals surface area contributed by atoms with Gasteiger partial charge in [-0.25, -0.2) is 18.2 Å². The Labute approximate surface area is 275 Å². The molecule has 6 heterocycles. The van der Waals surface area contributed by atoms with Gasteiger partial charge in [0.2, 0.25) is 5.88 Å². The van der Waals surface area contributed by atoms with Gasteiger partial charge in [0.1, 0.15) is 46.8 Å². The molecular weight excluding hydrogens is 621 g/mol. The number of nitrogens with zero attached hydrogens (tertiary/aromatic N) is 6. The number of pyridine rings is 1. The van der Waals surface area contributed by atoms with Crippen molar-refractivity contribution in [1.29, 1.82) is 0 Å². The highest BCUT2D eigenvalue weighted by molar-refractivity contribution is 6.04. The largest absolute Gasteiger partial charge is 0.508 e. The van der Waals surface area contributed by atoms with E-state index in [1.54, 1.807) is 0 Å². The summed E-state index contributed by atoms with van der Waals surface area (Å²) in [5, 5.41) is 11.5. The molecule has 5 aliphatic rings. The lowest BCUT2D eigenvalue weighted by atomic mass is 9.74. The first-order valence-electron chi connectivity index (χ1n) is 16.3. The number of ether oxygens (including phenoxy) is 2. The Morgan fingerprint density at radius 1 is 1.04 bits per heavy atom. The Bertz CT molecular complexity index is 2060. The molecule has 1 saturated carbocycles. The second kappa shape index (κ2) is 10.7. The molecule has 9 rings (SSSR count). The number of rotatable bonds is 8. The van der Waals surface area contributed by atoms with Gasteiger partial charge in [0, 0.05) is 73.6 Å². The van der Waals surface area contributed by atoms with Crippen LogP contribution < -0.4 is 14.4 Å². The average Bonchev–Trinajstić information content (AvgIpc) is 3.42. The number of methoxy groups -OCH3 is 1. The van der Waals surface area contributed by atoms with Crippen LogP contribution in [0.4, 0.5) is 19.0 Å². The summed E-state index contributed by atoms with van der Waals surface area (Å²) in [6.45, 7) is 7.61. The van der Waals surface area contributed by atoms with E-state index in [2.05, 4.69) is 37.2 Å². The van der Waals surface area contributed by atoms with E-state index in [1.165, 1.54) is 31.4 Å². The van der Waals surface area contributed by atoms with Crippen LogP contribution in [0.1, 0.15) is 18.4 Å². The Balaban J connectivity index is 1.15. The van der Waals surface area contributed by atoms with Crippen molar-refractivity contribution < 1.29 is 27.8 Å². The van der Waals surface area contributed by atoms with Gasteiger partial charge >= 0.3 is 6.01 Å². The van der Waals surface area contributed by atoms with E-state index in [-0.39, 0.29) is 63.8 Å². The molecule has 4 saturated heterocycles. The molecule has 9 nitrogen and oxygen atoms in total. The average molecular weight is 655 g/mol. The maximum atomic E-state index is 17.0. The fourth-order valence-corrected chi connectivity index (χ4v) is 8.60. The van der Waals surface area contributed by atoms with E-state index in [9.17, 15) is 13.9 Å². The molecule has 5 fully saturated rings. The molecule has 48 heavy (non-hydrogen) atoms. The lowest BCUT2D eigenvalue weighted by Crippen LogP contribution is -2.77. The van der Waals surface area contributed by atoms with Gasteiger partial charge in [-0.15, -0.1) is 6.42 Å². The zero-order valence-corrected chi connectivity index (χ0v) is 26.3. The predicted molar refractivity (Wildman–Crippen MR) is 174 cm³/mol. The number of phenolic OH excluding ortho intramolecular Hbond substituents is 1. The van der Waals surface area contributed by atoms with Gasteiger partial charge < -0.3 is 19.5 Å². The Hall–Kier alpha value is -4.60. The first-order chi connectivity index (χ1) is 23.2. The third kappa shape index (κ3) is 4.44. The number of phenols is 1. The zero-order valence-electron chi connectivity index (χ0n) is 26.3. The number of fused-ring (bicyclic) bond motifs is 3. The SMILES string of the molecule is C#Cc1c(F)ccc2cc(O)cc(-c3nc(OC)c4c(N5CC6CC7CC(C5)N76)nc(OCC(=C)CN5CC6C(F)C6C5)nc4c3F)c12. The molecule has 2 aromatic heterocycles. The molecule has 246 valence electrons.